The zero-order chi connectivity index (χ0) is 30.4. The first kappa shape index (κ1) is 31.8. The molecule has 1 saturated heterocycles. The van der Waals surface area contributed by atoms with Crippen molar-refractivity contribution in [2.75, 3.05) is 6.54 Å². The van der Waals surface area contributed by atoms with Gasteiger partial charge in [-0.3, -0.25) is 19.2 Å². The maximum atomic E-state index is 13.6. The summed E-state index contributed by atoms with van der Waals surface area (Å²) < 4.78 is 0. The fourth-order valence-corrected chi connectivity index (χ4v) is 6.44. The van der Waals surface area contributed by atoms with Gasteiger partial charge in [0.1, 0.15) is 24.1 Å². The average Bonchev–Trinajstić information content (AvgIpc) is 3.57. The Bertz CT molecular complexity index is 1320. The zero-order valence-corrected chi connectivity index (χ0v) is 25.4. The van der Waals surface area contributed by atoms with E-state index in [1.165, 1.54) is 0 Å². The summed E-state index contributed by atoms with van der Waals surface area (Å²) in [5.74, 6) is -1.98. The lowest BCUT2D eigenvalue weighted by atomic mass is 9.84. The Morgan fingerprint density at radius 1 is 0.976 bits per heavy atom. The Labute approximate surface area is 255 Å². The summed E-state index contributed by atoms with van der Waals surface area (Å²) in [4.78, 5) is 67.1. The van der Waals surface area contributed by atoms with E-state index in [4.69, 9.17) is 23.2 Å². The van der Waals surface area contributed by atoms with E-state index in [0.717, 1.165) is 32.1 Å². The van der Waals surface area contributed by atoms with Crippen LogP contribution in [0.2, 0.25) is 10.0 Å². The maximum Gasteiger partial charge on any atom is 0.268 e. The summed E-state index contributed by atoms with van der Waals surface area (Å²) in [6, 6.07) is 2.16. The highest BCUT2D eigenvalue weighted by Gasteiger charge is 2.33. The second-order valence-corrected chi connectivity index (χ2v) is 12.6. The summed E-state index contributed by atoms with van der Waals surface area (Å²) in [5.41, 5.74) is 0.807. The van der Waals surface area contributed by atoms with Gasteiger partial charge in [0.05, 0.1) is 11.1 Å². The minimum atomic E-state index is -0.936. The predicted molar refractivity (Wildman–Crippen MR) is 161 cm³/mol. The molecule has 2 aromatic rings. The molecule has 1 aliphatic carbocycles. The van der Waals surface area contributed by atoms with Gasteiger partial charge in [-0.2, -0.15) is 0 Å². The van der Waals surface area contributed by atoms with Crippen LogP contribution in [0.1, 0.15) is 75.7 Å². The number of amides is 4. The summed E-state index contributed by atoms with van der Waals surface area (Å²) in [5, 5.41) is 12.6. The van der Waals surface area contributed by atoms with Gasteiger partial charge in [-0.1, -0.05) is 69.2 Å². The molecule has 2 heterocycles. The average molecular weight is 621 g/mol. The van der Waals surface area contributed by atoms with Crippen molar-refractivity contribution >= 4 is 64.0 Å². The second kappa shape index (κ2) is 14.4. The number of aromatic amines is 1. The number of aldehydes is 1. The van der Waals surface area contributed by atoms with Crippen molar-refractivity contribution in [2.45, 2.75) is 83.3 Å². The van der Waals surface area contributed by atoms with Gasteiger partial charge in [0, 0.05) is 28.4 Å². The van der Waals surface area contributed by atoms with E-state index in [1.54, 1.807) is 32.0 Å². The molecular formula is C30H39Cl2N5O5. The first-order valence-electron chi connectivity index (χ1n) is 14.7. The Balaban J connectivity index is 1.47. The Kier molecular flexibility index (Phi) is 10.9. The standard InChI is InChI=1S/C30H39Cl2N5O5/c1-16(2)26(37-29(41)25-14-21-22(32)12-19(31)13-23(21)35-25)30(42)36-24(10-17-6-4-3-5-7-17)28(40)34-20(15-38)11-18-8-9-33-27(18)39/h12-18,20,24,26,35H,3-11H2,1-2H3,(H,33,39)(H,34,40)(H,36,42)(H,37,41)/t18-,20-,24-,26?/m0/s1. The molecule has 1 unspecified atom stereocenters. The first-order valence-corrected chi connectivity index (χ1v) is 15.4. The number of hydrogen-bond donors (Lipinski definition) is 5. The number of benzene rings is 1. The van der Waals surface area contributed by atoms with Gasteiger partial charge in [-0.25, -0.2) is 0 Å². The van der Waals surface area contributed by atoms with Crippen LogP contribution in [-0.4, -0.2) is 59.6 Å². The van der Waals surface area contributed by atoms with Gasteiger partial charge < -0.3 is 31.0 Å². The zero-order valence-electron chi connectivity index (χ0n) is 23.9. The van der Waals surface area contributed by atoms with Crippen LogP contribution in [0, 0.1) is 17.8 Å². The van der Waals surface area contributed by atoms with Crippen molar-refractivity contribution in [3.8, 4) is 0 Å². The van der Waals surface area contributed by atoms with Gasteiger partial charge in [0.15, 0.2) is 0 Å². The SMILES string of the molecule is CC(C)C(NC(=O)c1cc2c(Cl)cc(Cl)cc2[nH]1)C(=O)N[C@@H](CC1CCCCC1)C(=O)N[C@H](C=O)C[C@@H]1CCNC1=O. The second-order valence-electron chi connectivity index (χ2n) is 11.8. The fourth-order valence-electron chi connectivity index (χ4n) is 5.89. The van der Waals surface area contributed by atoms with Crippen molar-refractivity contribution in [1.82, 2.24) is 26.3 Å². The largest absolute Gasteiger partial charge is 0.356 e. The van der Waals surface area contributed by atoms with Crippen molar-refractivity contribution in [2.24, 2.45) is 17.8 Å². The van der Waals surface area contributed by atoms with E-state index < -0.39 is 35.8 Å². The number of nitrogens with one attached hydrogen (secondary N) is 5. The van der Waals surface area contributed by atoms with Gasteiger partial charge in [-0.05, 0) is 49.3 Å². The third-order valence-corrected chi connectivity index (χ3v) is 8.78. The molecule has 42 heavy (non-hydrogen) atoms. The lowest BCUT2D eigenvalue weighted by molar-refractivity contribution is -0.132. The molecule has 2 aliphatic rings. The number of halogens is 2. The predicted octanol–water partition coefficient (Wildman–Crippen LogP) is 3.89. The fraction of sp³-hybridized carbons (Fsp3) is 0.567. The maximum absolute atomic E-state index is 13.6. The monoisotopic (exact) mass is 619 g/mol. The van der Waals surface area contributed by atoms with E-state index in [9.17, 15) is 24.0 Å². The number of carbonyl (C=O) groups excluding carboxylic acids is 5. The quantitative estimate of drug-likeness (QED) is 0.228. The molecule has 10 nitrogen and oxygen atoms in total. The molecule has 5 N–H and O–H groups in total. The molecule has 4 amide bonds. The van der Waals surface area contributed by atoms with Gasteiger partial charge in [0.25, 0.3) is 5.91 Å². The van der Waals surface area contributed by atoms with Gasteiger partial charge >= 0.3 is 0 Å². The van der Waals surface area contributed by atoms with Crippen molar-refractivity contribution in [1.29, 1.82) is 0 Å². The van der Waals surface area contributed by atoms with Crippen LogP contribution in [0.15, 0.2) is 18.2 Å². The first-order chi connectivity index (χ1) is 20.0. The van der Waals surface area contributed by atoms with Crippen LogP contribution >= 0.6 is 23.2 Å². The van der Waals surface area contributed by atoms with Crippen molar-refractivity contribution in [3.05, 3.63) is 33.9 Å². The highest BCUT2D eigenvalue weighted by molar-refractivity contribution is 6.38. The van der Waals surface area contributed by atoms with Crippen molar-refractivity contribution < 1.29 is 24.0 Å². The van der Waals surface area contributed by atoms with Gasteiger partial charge in [0.2, 0.25) is 17.7 Å². The number of hydrogen-bond acceptors (Lipinski definition) is 5. The van der Waals surface area contributed by atoms with Crippen LogP contribution in [0.3, 0.4) is 0 Å². The van der Waals surface area contributed by atoms with Crippen LogP contribution in [0.4, 0.5) is 0 Å². The number of rotatable bonds is 12. The third-order valence-electron chi connectivity index (χ3n) is 8.25. The topological polar surface area (TPSA) is 149 Å². The highest BCUT2D eigenvalue weighted by atomic mass is 35.5. The molecule has 228 valence electrons. The molecule has 1 aromatic heterocycles. The number of H-pyrrole nitrogens is 1. The molecule has 1 aromatic carbocycles. The molecule has 0 radical (unpaired) electrons. The lowest BCUT2D eigenvalue weighted by Gasteiger charge is -2.29. The summed E-state index contributed by atoms with van der Waals surface area (Å²) >= 11 is 12.4. The number of carbonyl (C=O) groups is 5. The minimum absolute atomic E-state index is 0.126. The van der Waals surface area contributed by atoms with E-state index in [0.29, 0.717) is 46.6 Å². The Morgan fingerprint density at radius 3 is 2.36 bits per heavy atom. The molecule has 12 heteroatoms. The lowest BCUT2D eigenvalue weighted by Crippen LogP contribution is -2.57. The van der Waals surface area contributed by atoms with Gasteiger partial charge in [-0.15, -0.1) is 0 Å². The molecule has 4 rings (SSSR count). The summed E-state index contributed by atoms with van der Waals surface area (Å²) in [6.45, 7) is 4.15. The molecule has 1 saturated carbocycles. The number of aromatic nitrogens is 1. The van der Waals surface area contributed by atoms with E-state index in [2.05, 4.69) is 26.3 Å². The Morgan fingerprint density at radius 2 is 1.71 bits per heavy atom. The molecule has 0 spiro atoms. The molecule has 1 aliphatic heterocycles. The third kappa shape index (κ3) is 8.04. The summed E-state index contributed by atoms with van der Waals surface area (Å²) in [7, 11) is 0. The summed E-state index contributed by atoms with van der Waals surface area (Å²) in [6.07, 6.45) is 7.04. The van der Waals surface area contributed by atoms with E-state index in [1.807, 2.05) is 0 Å². The van der Waals surface area contributed by atoms with E-state index >= 15 is 0 Å². The van der Waals surface area contributed by atoms with E-state index in [-0.39, 0.29) is 35.8 Å². The van der Waals surface area contributed by atoms with Crippen LogP contribution in [-0.2, 0) is 19.2 Å². The van der Waals surface area contributed by atoms with Crippen LogP contribution in [0.5, 0.6) is 0 Å². The van der Waals surface area contributed by atoms with Crippen molar-refractivity contribution in [3.63, 3.8) is 0 Å². The molecule has 2 fully saturated rings. The minimum Gasteiger partial charge on any atom is -0.356 e. The number of fused-ring (bicyclic) bond motifs is 1. The van der Waals surface area contributed by atoms with Crippen LogP contribution < -0.4 is 21.3 Å². The smallest absolute Gasteiger partial charge is 0.268 e. The van der Waals surface area contributed by atoms with Crippen LogP contribution in [0.25, 0.3) is 10.9 Å². The Hall–Kier alpha value is -3.11. The normalized spacial score (nSPS) is 19.6. The molecule has 0 bridgehead atoms. The molecule has 4 atom stereocenters. The highest BCUT2D eigenvalue weighted by Crippen LogP contribution is 2.29. The molecular weight excluding hydrogens is 581 g/mol.